The molecule has 1 heterocycles. The lowest BCUT2D eigenvalue weighted by Crippen LogP contribution is -2.16. The molecular weight excluding hydrogens is 318 g/mol. The SMILES string of the molecule is Cc1nnc(CC(=O)Nc2ccc(C)c(OCC3CCCCC3)c2)o1. The maximum atomic E-state index is 12.1. The van der Waals surface area contributed by atoms with Crippen molar-refractivity contribution < 1.29 is 13.9 Å². The van der Waals surface area contributed by atoms with Crippen molar-refractivity contribution >= 4 is 11.6 Å². The number of nitrogens with one attached hydrogen (secondary N) is 1. The van der Waals surface area contributed by atoms with Crippen molar-refractivity contribution in [3.8, 4) is 5.75 Å². The smallest absolute Gasteiger partial charge is 0.233 e. The molecule has 0 aliphatic heterocycles. The van der Waals surface area contributed by atoms with Crippen LogP contribution in [0.25, 0.3) is 0 Å². The van der Waals surface area contributed by atoms with Crippen molar-refractivity contribution in [2.24, 2.45) is 5.92 Å². The molecule has 0 spiro atoms. The highest BCUT2D eigenvalue weighted by Gasteiger charge is 2.15. The Balaban J connectivity index is 1.57. The lowest BCUT2D eigenvalue weighted by atomic mass is 9.90. The average Bonchev–Trinajstić information content (AvgIpc) is 3.01. The highest BCUT2D eigenvalue weighted by atomic mass is 16.5. The van der Waals surface area contributed by atoms with E-state index in [-0.39, 0.29) is 12.3 Å². The van der Waals surface area contributed by atoms with Crippen LogP contribution < -0.4 is 10.1 Å². The van der Waals surface area contributed by atoms with Crippen LogP contribution in [0.2, 0.25) is 0 Å². The van der Waals surface area contributed by atoms with Gasteiger partial charge in [-0.25, -0.2) is 0 Å². The van der Waals surface area contributed by atoms with Gasteiger partial charge >= 0.3 is 0 Å². The van der Waals surface area contributed by atoms with Gasteiger partial charge in [0.15, 0.2) is 0 Å². The Hall–Kier alpha value is -2.37. The highest BCUT2D eigenvalue weighted by Crippen LogP contribution is 2.27. The fourth-order valence-corrected chi connectivity index (χ4v) is 3.15. The molecular formula is C19H25N3O3. The van der Waals surface area contributed by atoms with Gasteiger partial charge in [0.2, 0.25) is 17.7 Å². The number of amides is 1. The predicted molar refractivity (Wildman–Crippen MR) is 94.6 cm³/mol. The molecule has 2 aromatic rings. The van der Waals surface area contributed by atoms with E-state index in [4.69, 9.17) is 9.15 Å². The van der Waals surface area contributed by atoms with E-state index in [0.29, 0.717) is 23.4 Å². The normalized spacial score (nSPS) is 15.1. The van der Waals surface area contributed by atoms with Gasteiger partial charge in [-0.1, -0.05) is 25.3 Å². The topological polar surface area (TPSA) is 77.2 Å². The van der Waals surface area contributed by atoms with E-state index in [2.05, 4.69) is 15.5 Å². The zero-order valence-corrected chi connectivity index (χ0v) is 14.9. The molecule has 1 aromatic carbocycles. The molecule has 0 saturated heterocycles. The van der Waals surface area contributed by atoms with Crippen molar-refractivity contribution in [2.45, 2.75) is 52.4 Å². The van der Waals surface area contributed by atoms with Crippen LogP contribution in [0.15, 0.2) is 22.6 Å². The number of hydrogen-bond donors (Lipinski definition) is 1. The number of nitrogens with zero attached hydrogens (tertiary/aromatic N) is 2. The van der Waals surface area contributed by atoms with E-state index in [1.165, 1.54) is 32.1 Å². The summed E-state index contributed by atoms with van der Waals surface area (Å²) in [4.78, 5) is 12.1. The molecule has 1 N–H and O–H groups in total. The molecule has 0 unspecified atom stereocenters. The number of ether oxygens (including phenoxy) is 1. The predicted octanol–water partition coefficient (Wildman–Crippen LogP) is 3.83. The summed E-state index contributed by atoms with van der Waals surface area (Å²) in [5.74, 6) is 2.06. The lowest BCUT2D eigenvalue weighted by Gasteiger charge is -2.22. The fourth-order valence-electron chi connectivity index (χ4n) is 3.15. The Kier molecular flexibility index (Phi) is 5.68. The Labute approximate surface area is 148 Å². The molecule has 0 bridgehead atoms. The van der Waals surface area contributed by atoms with E-state index < -0.39 is 0 Å². The van der Waals surface area contributed by atoms with E-state index in [1.54, 1.807) is 6.92 Å². The van der Waals surface area contributed by atoms with E-state index in [9.17, 15) is 4.79 Å². The second kappa shape index (κ2) is 8.14. The Morgan fingerprint density at radius 1 is 1.24 bits per heavy atom. The summed E-state index contributed by atoms with van der Waals surface area (Å²) in [7, 11) is 0. The van der Waals surface area contributed by atoms with Crippen molar-refractivity contribution in [3.05, 3.63) is 35.5 Å². The van der Waals surface area contributed by atoms with Crippen LogP contribution in [-0.2, 0) is 11.2 Å². The van der Waals surface area contributed by atoms with Crippen LogP contribution in [0.1, 0.15) is 49.4 Å². The highest BCUT2D eigenvalue weighted by molar-refractivity contribution is 5.91. The van der Waals surface area contributed by atoms with Gasteiger partial charge in [0.25, 0.3) is 0 Å². The number of carbonyl (C=O) groups excluding carboxylic acids is 1. The Morgan fingerprint density at radius 3 is 2.76 bits per heavy atom. The number of hydrogen-bond acceptors (Lipinski definition) is 5. The Morgan fingerprint density at radius 2 is 2.04 bits per heavy atom. The number of aryl methyl sites for hydroxylation is 2. The summed E-state index contributed by atoms with van der Waals surface area (Å²) in [6, 6.07) is 5.72. The number of rotatable bonds is 6. The van der Waals surface area contributed by atoms with Crippen molar-refractivity contribution in [3.63, 3.8) is 0 Å². The maximum Gasteiger partial charge on any atom is 0.233 e. The van der Waals surface area contributed by atoms with E-state index >= 15 is 0 Å². The van der Waals surface area contributed by atoms with Crippen LogP contribution in [0.5, 0.6) is 5.75 Å². The Bertz CT molecular complexity index is 720. The zero-order chi connectivity index (χ0) is 17.6. The van der Waals surface area contributed by atoms with Crippen molar-refractivity contribution in [1.82, 2.24) is 10.2 Å². The van der Waals surface area contributed by atoms with Gasteiger partial charge in [-0.2, -0.15) is 0 Å². The fraction of sp³-hybridized carbons (Fsp3) is 0.526. The minimum absolute atomic E-state index is 0.0625. The summed E-state index contributed by atoms with van der Waals surface area (Å²) < 4.78 is 11.3. The monoisotopic (exact) mass is 343 g/mol. The van der Waals surface area contributed by atoms with Crippen LogP contribution >= 0.6 is 0 Å². The van der Waals surface area contributed by atoms with Gasteiger partial charge in [-0.3, -0.25) is 4.79 Å². The molecule has 1 aliphatic rings. The molecule has 1 aromatic heterocycles. The van der Waals surface area contributed by atoms with Crippen LogP contribution in [0, 0.1) is 19.8 Å². The first kappa shape index (κ1) is 17.5. The van der Waals surface area contributed by atoms with Crippen molar-refractivity contribution in [1.29, 1.82) is 0 Å². The number of anilines is 1. The molecule has 25 heavy (non-hydrogen) atoms. The summed E-state index contributed by atoms with van der Waals surface area (Å²) in [6.07, 6.45) is 6.51. The second-order valence-corrected chi connectivity index (χ2v) is 6.74. The second-order valence-electron chi connectivity index (χ2n) is 6.74. The third-order valence-electron chi connectivity index (χ3n) is 4.55. The zero-order valence-electron chi connectivity index (χ0n) is 14.9. The lowest BCUT2D eigenvalue weighted by molar-refractivity contribution is -0.115. The summed E-state index contributed by atoms with van der Waals surface area (Å²) >= 11 is 0. The maximum absolute atomic E-state index is 12.1. The minimum atomic E-state index is -0.189. The number of aromatic nitrogens is 2. The van der Waals surface area contributed by atoms with Gasteiger partial charge in [0, 0.05) is 18.7 Å². The molecule has 1 aliphatic carbocycles. The molecule has 0 radical (unpaired) electrons. The third kappa shape index (κ3) is 5.05. The van der Waals surface area contributed by atoms with Crippen molar-refractivity contribution in [2.75, 3.05) is 11.9 Å². The molecule has 1 saturated carbocycles. The molecule has 6 heteroatoms. The first-order chi connectivity index (χ1) is 12.1. The quantitative estimate of drug-likeness (QED) is 0.862. The van der Waals surface area contributed by atoms with Gasteiger partial charge in [0.05, 0.1) is 6.61 Å². The van der Waals surface area contributed by atoms with E-state index in [0.717, 1.165) is 17.9 Å². The first-order valence-corrected chi connectivity index (χ1v) is 8.92. The first-order valence-electron chi connectivity index (χ1n) is 8.92. The third-order valence-corrected chi connectivity index (χ3v) is 4.55. The molecule has 6 nitrogen and oxygen atoms in total. The molecule has 3 rings (SSSR count). The van der Waals surface area contributed by atoms with Crippen LogP contribution in [0.4, 0.5) is 5.69 Å². The average molecular weight is 343 g/mol. The molecule has 1 amide bonds. The summed E-state index contributed by atoms with van der Waals surface area (Å²) in [5, 5.41) is 10.4. The van der Waals surface area contributed by atoms with Gasteiger partial charge in [-0.05, 0) is 37.3 Å². The largest absolute Gasteiger partial charge is 0.493 e. The molecule has 1 fully saturated rings. The van der Waals surface area contributed by atoms with Gasteiger partial charge in [-0.15, -0.1) is 10.2 Å². The number of benzene rings is 1. The summed E-state index contributed by atoms with van der Waals surface area (Å²) in [6.45, 7) is 4.47. The molecule has 134 valence electrons. The van der Waals surface area contributed by atoms with Gasteiger partial charge in [0.1, 0.15) is 12.2 Å². The van der Waals surface area contributed by atoms with Crippen LogP contribution in [0.3, 0.4) is 0 Å². The standard InChI is InChI=1S/C19H25N3O3/c1-13-8-9-16(20-18(23)11-19-22-21-14(2)25-19)10-17(13)24-12-15-6-4-3-5-7-15/h8-10,15H,3-7,11-12H2,1-2H3,(H,20,23). The van der Waals surface area contributed by atoms with Gasteiger partial charge < -0.3 is 14.5 Å². The molecule has 0 atom stereocenters. The minimum Gasteiger partial charge on any atom is -0.493 e. The van der Waals surface area contributed by atoms with E-state index in [1.807, 2.05) is 25.1 Å². The number of carbonyl (C=O) groups is 1. The van der Waals surface area contributed by atoms with Crippen LogP contribution in [-0.4, -0.2) is 22.7 Å². The summed E-state index contributed by atoms with van der Waals surface area (Å²) in [5.41, 5.74) is 1.78.